The van der Waals surface area contributed by atoms with Gasteiger partial charge in [0.2, 0.25) is 0 Å². The second-order valence-electron chi connectivity index (χ2n) is 4.77. The number of rotatable bonds is 2. The zero-order valence-electron chi connectivity index (χ0n) is 10.7. The lowest BCUT2D eigenvalue weighted by Gasteiger charge is -2.34. The molecule has 1 aliphatic heterocycles. The van der Waals surface area contributed by atoms with Gasteiger partial charge in [-0.25, -0.2) is 4.39 Å². The number of benzene rings is 1. The molecule has 18 heavy (non-hydrogen) atoms. The van der Waals surface area contributed by atoms with Gasteiger partial charge >= 0.3 is 0 Å². The zero-order chi connectivity index (χ0) is 13.3. The second kappa shape index (κ2) is 4.94. The number of carbonyl (C=O) groups is 1. The molecule has 1 saturated heterocycles. The molecule has 2 N–H and O–H groups in total. The summed E-state index contributed by atoms with van der Waals surface area (Å²) in [5.41, 5.74) is 6.57. The minimum absolute atomic E-state index is 0.00659. The summed E-state index contributed by atoms with van der Waals surface area (Å²) in [5, 5.41) is 0. The topological polar surface area (TPSA) is 49.6 Å². The van der Waals surface area contributed by atoms with E-state index in [1.54, 1.807) is 6.92 Å². The number of primary amides is 1. The molecule has 1 aromatic rings. The van der Waals surface area contributed by atoms with Crippen molar-refractivity contribution in [2.75, 3.05) is 38.1 Å². The van der Waals surface area contributed by atoms with Crippen molar-refractivity contribution in [1.29, 1.82) is 0 Å². The number of hydrogen-bond donors (Lipinski definition) is 1. The molecule has 1 aromatic carbocycles. The molecule has 4 nitrogen and oxygen atoms in total. The summed E-state index contributed by atoms with van der Waals surface area (Å²) >= 11 is 0. The molecule has 0 aromatic heterocycles. The van der Waals surface area contributed by atoms with Crippen molar-refractivity contribution in [3.05, 3.63) is 29.1 Å². The normalized spacial score (nSPS) is 16.9. The van der Waals surface area contributed by atoms with E-state index in [0.717, 1.165) is 31.9 Å². The standard InChI is InChI=1S/C13H18FN3O/c1-9-7-10(8-11(14)12(9)13(15)18)17-5-3-16(2)4-6-17/h7-8H,3-6H2,1-2H3,(H2,15,18). The van der Waals surface area contributed by atoms with E-state index in [1.807, 2.05) is 6.07 Å². The number of piperazine rings is 1. The quantitative estimate of drug-likeness (QED) is 0.852. The van der Waals surface area contributed by atoms with Crippen LogP contribution in [0.25, 0.3) is 0 Å². The van der Waals surface area contributed by atoms with Crippen LogP contribution in [0.2, 0.25) is 0 Å². The lowest BCUT2D eigenvalue weighted by molar-refractivity contribution is 0.0996. The maximum atomic E-state index is 13.9. The number of amides is 1. The number of carbonyl (C=O) groups excluding carboxylic acids is 1. The molecule has 0 bridgehead atoms. The van der Waals surface area contributed by atoms with Crippen molar-refractivity contribution in [1.82, 2.24) is 4.90 Å². The fourth-order valence-corrected chi connectivity index (χ4v) is 2.29. The highest BCUT2D eigenvalue weighted by atomic mass is 19.1. The van der Waals surface area contributed by atoms with Gasteiger partial charge in [-0.15, -0.1) is 0 Å². The number of hydrogen-bond acceptors (Lipinski definition) is 3. The second-order valence-corrected chi connectivity index (χ2v) is 4.77. The third-order valence-electron chi connectivity index (χ3n) is 3.39. The number of aryl methyl sites for hydroxylation is 1. The van der Waals surface area contributed by atoms with E-state index in [-0.39, 0.29) is 5.56 Å². The van der Waals surface area contributed by atoms with Gasteiger partial charge in [-0.2, -0.15) is 0 Å². The Bertz CT molecular complexity index is 444. The molecule has 1 amide bonds. The molecule has 5 heteroatoms. The molecule has 0 saturated carbocycles. The van der Waals surface area contributed by atoms with Crippen LogP contribution in [-0.2, 0) is 0 Å². The largest absolute Gasteiger partial charge is 0.369 e. The van der Waals surface area contributed by atoms with Crippen molar-refractivity contribution < 1.29 is 9.18 Å². The first-order chi connectivity index (χ1) is 8.49. The first-order valence-corrected chi connectivity index (χ1v) is 6.02. The van der Waals surface area contributed by atoms with Crippen LogP contribution >= 0.6 is 0 Å². The van der Waals surface area contributed by atoms with Gasteiger partial charge < -0.3 is 15.5 Å². The van der Waals surface area contributed by atoms with Crippen LogP contribution in [0.1, 0.15) is 15.9 Å². The Morgan fingerprint density at radius 3 is 2.39 bits per heavy atom. The summed E-state index contributed by atoms with van der Waals surface area (Å²) in [6.45, 7) is 5.36. The van der Waals surface area contributed by atoms with Gasteiger partial charge in [0, 0.05) is 31.9 Å². The van der Waals surface area contributed by atoms with Gasteiger partial charge in [0.1, 0.15) is 5.82 Å². The van der Waals surface area contributed by atoms with Crippen LogP contribution < -0.4 is 10.6 Å². The number of nitrogens with zero attached hydrogens (tertiary/aromatic N) is 2. The van der Waals surface area contributed by atoms with E-state index >= 15 is 0 Å². The van der Waals surface area contributed by atoms with E-state index < -0.39 is 11.7 Å². The SMILES string of the molecule is Cc1cc(N2CCN(C)CC2)cc(F)c1C(N)=O. The van der Waals surface area contributed by atoms with Crippen molar-refractivity contribution in [3.8, 4) is 0 Å². The summed E-state index contributed by atoms with van der Waals surface area (Å²) in [7, 11) is 2.07. The van der Waals surface area contributed by atoms with Crippen molar-refractivity contribution >= 4 is 11.6 Å². The summed E-state index contributed by atoms with van der Waals surface area (Å²) in [6, 6.07) is 3.23. The fraction of sp³-hybridized carbons (Fsp3) is 0.462. The first kappa shape index (κ1) is 12.8. The van der Waals surface area contributed by atoms with Gasteiger partial charge in [0.05, 0.1) is 5.56 Å². The number of anilines is 1. The summed E-state index contributed by atoms with van der Waals surface area (Å²) < 4.78 is 13.9. The molecule has 1 heterocycles. The monoisotopic (exact) mass is 251 g/mol. The highest BCUT2D eigenvalue weighted by Crippen LogP contribution is 2.23. The van der Waals surface area contributed by atoms with Gasteiger partial charge in [-0.3, -0.25) is 4.79 Å². The lowest BCUT2D eigenvalue weighted by atomic mass is 10.1. The highest BCUT2D eigenvalue weighted by molar-refractivity contribution is 5.95. The van der Waals surface area contributed by atoms with E-state index in [9.17, 15) is 9.18 Å². The Hall–Kier alpha value is -1.62. The van der Waals surface area contributed by atoms with E-state index in [4.69, 9.17) is 5.73 Å². The molecule has 0 radical (unpaired) electrons. The van der Waals surface area contributed by atoms with Gasteiger partial charge in [-0.1, -0.05) is 0 Å². The predicted molar refractivity (Wildman–Crippen MR) is 69.4 cm³/mol. The molecule has 2 rings (SSSR count). The van der Waals surface area contributed by atoms with Gasteiger partial charge in [-0.05, 0) is 31.7 Å². The Morgan fingerprint density at radius 1 is 1.28 bits per heavy atom. The molecule has 0 atom stereocenters. The third kappa shape index (κ3) is 2.46. The van der Waals surface area contributed by atoms with Gasteiger partial charge in [0.25, 0.3) is 5.91 Å². The third-order valence-corrected chi connectivity index (χ3v) is 3.39. The minimum atomic E-state index is -0.713. The first-order valence-electron chi connectivity index (χ1n) is 6.02. The average Bonchev–Trinajstić information content (AvgIpc) is 2.28. The molecule has 0 unspecified atom stereocenters. The van der Waals surface area contributed by atoms with E-state index in [1.165, 1.54) is 6.07 Å². The molecular weight excluding hydrogens is 233 g/mol. The van der Waals surface area contributed by atoms with Gasteiger partial charge in [0.15, 0.2) is 0 Å². The van der Waals surface area contributed by atoms with E-state index in [2.05, 4.69) is 16.8 Å². The van der Waals surface area contributed by atoms with Crippen molar-refractivity contribution in [3.63, 3.8) is 0 Å². The Kier molecular flexibility index (Phi) is 3.52. The minimum Gasteiger partial charge on any atom is -0.369 e. The average molecular weight is 251 g/mol. The summed E-state index contributed by atoms with van der Waals surface area (Å²) in [6.07, 6.45) is 0. The maximum Gasteiger partial charge on any atom is 0.251 e. The van der Waals surface area contributed by atoms with Crippen LogP contribution in [0.3, 0.4) is 0 Å². The van der Waals surface area contributed by atoms with Crippen LogP contribution in [0.4, 0.5) is 10.1 Å². The fourth-order valence-electron chi connectivity index (χ4n) is 2.29. The zero-order valence-corrected chi connectivity index (χ0v) is 10.7. The van der Waals surface area contributed by atoms with Crippen molar-refractivity contribution in [2.24, 2.45) is 5.73 Å². The molecular formula is C13H18FN3O. The summed E-state index contributed by atoms with van der Waals surface area (Å²) in [5.74, 6) is -1.24. The van der Waals surface area contributed by atoms with Crippen LogP contribution in [0.15, 0.2) is 12.1 Å². The Morgan fingerprint density at radius 2 is 1.89 bits per heavy atom. The lowest BCUT2D eigenvalue weighted by Crippen LogP contribution is -2.44. The number of likely N-dealkylation sites (N-methyl/N-ethyl adjacent to an activating group) is 1. The van der Waals surface area contributed by atoms with Crippen molar-refractivity contribution in [2.45, 2.75) is 6.92 Å². The highest BCUT2D eigenvalue weighted by Gasteiger charge is 2.18. The maximum absolute atomic E-state index is 13.9. The smallest absolute Gasteiger partial charge is 0.251 e. The number of halogens is 1. The Balaban J connectivity index is 2.28. The van der Waals surface area contributed by atoms with Crippen LogP contribution in [0.5, 0.6) is 0 Å². The molecule has 0 aliphatic carbocycles. The van der Waals surface area contributed by atoms with E-state index in [0.29, 0.717) is 5.56 Å². The Labute approximate surface area is 106 Å². The number of nitrogens with two attached hydrogens (primary N) is 1. The van der Waals surface area contributed by atoms with Crippen LogP contribution in [-0.4, -0.2) is 44.0 Å². The summed E-state index contributed by atoms with van der Waals surface area (Å²) in [4.78, 5) is 15.5. The molecule has 1 fully saturated rings. The van der Waals surface area contributed by atoms with Crippen LogP contribution in [0, 0.1) is 12.7 Å². The molecule has 1 aliphatic rings. The predicted octanol–water partition coefficient (Wildman–Crippen LogP) is 0.985. The molecule has 98 valence electrons. The molecule has 0 spiro atoms.